The van der Waals surface area contributed by atoms with Gasteiger partial charge in [0.2, 0.25) is 11.9 Å². The van der Waals surface area contributed by atoms with Gasteiger partial charge in [-0.25, -0.2) is 9.97 Å². The quantitative estimate of drug-likeness (QED) is 0.866. The zero-order valence-corrected chi connectivity index (χ0v) is 11.5. The van der Waals surface area contributed by atoms with E-state index in [0.717, 1.165) is 24.1 Å². The molecule has 6 heteroatoms. The molecule has 0 aromatic carbocycles. The monoisotopic (exact) mass is 261 g/mol. The van der Waals surface area contributed by atoms with E-state index in [4.69, 9.17) is 0 Å². The van der Waals surface area contributed by atoms with Crippen LogP contribution in [0.2, 0.25) is 0 Å². The first-order valence-corrected chi connectivity index (χ1v) is 6.62. The molecule has 0 saturated carbocycles. The van der Waals surface area contributed by atoms with Crippen molar-refractivity contribution in [3.63, 3.8) is 0 Å². The number of nitrogens with zero attached hydrogens (tertiary/aromatic N) is 3. The lowest BCUT2D eigenvalue weighted by Crippen LogP contribution is -2.14. The number of carbonyl (C=O) groups is 1. The van der Waals surface area contributed by atoms with Crippen molar-refractivity contribution < 1.29 is 4.79 Å². The molecule has 2 rings (SSSR count). The van der Waals surface area contributed by atoms with Crippen LogP contribution in [0.4, 0.5) is 5.95 Å². The zero-order chi connectivity index (χ0) is 13.8. The van der Waals surface area contributed by atoms with Crippen molar-refractivity contribution >= 4 is 23.0 Å². The minimum absolute atomic E-state index is 0.0496. The van der Waals surface area contributed by atoms with E-state index in [-0.39, 0.29) is 11.8 Å². The fraction of sp³-hybridized carbons (Fsp3) is 0.538. The van der Waals surface area contributed by atoms with Crippen LogP contribution >= 0.6 is 0 Å². The Balaban J connectivity index is 2.26. The zero-order valence-electron chi connectivity index (χ0n) is 11.5. The normalized spacial score (nSPS) is 11.2. The van der Waals surface area contributed by atoms with Crippen LogP contribution in [0, 0.1) is 0 Å². The van der Waals surface area contributed by atoms with E-state index in [1.807, 2.05) is 13.8 Å². The van der Waals surface area contributed by atoms with Crippen molar-refractivity contribution in [2.45, 2.75) is 46.0 Å². The van der Waals surface area contributed by atoms with Crippen LogP contribution in [-0.2, 0) is 4.79 Å². The third-order valence-electron chi connectivity index (χ3n) is 2.87. The Morgan fingerprint density at radius 1 is 1.42 bits per heavy atom. The maximum atomic E-state index is 11.7. The number of aromatic amines is 1. The molecule has 0 aliphatic carbocycles. The van der Waals surface area contributed by atoms with Gasteiger partial charge in [0.15, 0.2) is 5.65 Å². The Hall–Kier alpha value is -1.98. The van der Waals surface area contributed by atoms with Gasteiger partial charge >= 0.3 is 0 Å². The van der Waals surface area contributed by atoms with Gasteiger partial charge in [0, 0.05) is 6.42 Å². The number of hydrogen-bond donors (Lipinski definition) is 2. The summed E-state index contributed by atoms with van der Waals surface area (Å²) in [6, 6.07) is 0. The molecule has 0 spiro atoms. The Kier molecular flexibility index (Phi) is 4.09. The molecule has 19 heavy (non-hydrogen) atoms. The summed E-state index contributed by atoms with van der Waals surface area (Å²) < 4.78 is 0. The second-order valence-corrected chi connectivity index (χ2v) is 4.84. The standard InChI is InChI=1S/C13H19N5O/c1-4-5-6-9(19)16-13-17-10(8(2)3)11-12(18-13)15-7-14-11/h7-8H,4-6H2,1-3H3,(H2,14,15,16,17,18,19). The second kappa shape index (κ2) is 5.77. The van der Waals surface area contributed by atoms with Crippen LogP contribution < -0.4 is 5.32 Å². The van der Waals surface area contributed by atoms with Gasteiger partial charge in [-0.3, -0.25) is 10.1 Å². The van der Waals surface area contributed by atoms with Crippen LogP contribution in [0.25, 0.3) is 11.2 Å². The van der Waals surface area contributed by atoms with Crippen molar-refractivity contribution in [1.29, 1.82) is 0 Å². The molecule has 1 amide bonds. The first kappa shape index (κ1) is 13.5. The van der Waals surface area contributed by atoms with E-state index in [1.165, 1.54) is 0 Å². The molecule has 0 bridgehead atoms. The van der Waals surface area contributed by atoms with E-state index < -0.39 is 0 Å². The number of imidazole rings is 1. The van der Waals surface area contributed by atoms with Crippen molar-refractivity contribution in [2.24, 2.45) is 0 Å². The van der Waals surface area contributed by atoms with Crippen LogP contribution in [0.15, 0.2) is 6.33 Å². The van der Waals surface area contributed by atoms with Gasteiger partial charge in [-0.05, 0) is 12.3 Å². The maximum absolute atomic E-state index is 11.7. The van der Waals surface area contributed by atoms with Gasteiger partial charge in [-0.15, -0.1) is 0 Å². The van der Waals surface area contributed by atoms with Gasteiger partial charge < -0.3 is 4.98 Å². The molecule has 0 aliphatic rings. The minimum Gasteiger partial charge on any atom is -0.342 e. The molecule has 2 heterocycles. The molecular weight excluding hydrogens is 242 g/mol. The summed E-state index contributed by atoms with van der Waals surface area (Å²) in [5, 5.41) is 2.74. The van der Waals surface area contributed by atoms with E-state index in [1.54, 1.807) is 6.33 Å². The number of anilines is 1. The summed E-state index contributed by atoms with van der Waals surface area (Å²) >= 11 is 0. The predicted octanol–water partition coefficient (Wildman–Crippen LogP) is 2.61. The van der Waals surface area contributed by atoms with Crippen LogP contribution in [-0.4, -0.2) is 25.8 Å². The summed E-state index contributed by atoms with van der Waals surface area (Å²) in [7, 11) is 0. The fourth-order valence-corrected chi connectivity index (χ4v) is 1.85. The largest absolute Gasteiger partial charge is 0.342 e. The van der Waals surface area contributed by atoms with E-state index >= 15 is 0 Å². The highest BCUT2D eigenvalue weighted by Gasteiger charge is 2.14. The van der Waals surface area contributed by atoms with Crippen LogP contribution in [0.3, 0.4) is 0 Å². The van der Waals surface area contributed by atoms with Crippen molar-refractivity contribution in [1.82, 2.24) is 19.9 Å². The number of carbonyl (C=O) groups excluding carboxylic acids is 1. The SMILES string of the molecule is CCCCC(=O)Nc1nc(C(C)C)c2[nH]cnc2n1. The Bertz CT molecular complexity index is 575. The number of nitrogens with one attached hydrogen (secondary N) is 2. The third kappa shape index (κ3) is 3.07. The molecule has 0 radical (unpaired) electrons. The molecule has 0 saturated heterocycles. The van der Waals surface area contributed by atoms with Crippen molar-refractivity contribution in [2.75, 3.05) is 5.32 Å². The number of unbranched alkanes of at least 4 members (excludes halogenated alkanes) is 1. The summed E-state index contributed by atoms with van der Waals surface area (Å²) in [5.41, 5.74) is 2.29. The van der Waals surface area contributed by atoms with Gasteiger partial charge in [0.05, 0.1) is 12.0 Å². The molecule has 2 aromatic heterocycles. The molecule has 0 fully saturated rings. The first-order valence-electron chi connectivity index (χ1n) is 6.62. The van der Waals surface area contributed by atoms with Crippen molar-refractivity contribution in [3.05, 3.63) is 12.0 Å². The Labute approximate surface area is 112 Å². The number of amides is 1. The van der Waals surface area contributed by atoms with Gasteiger partial charge in [0.1, 0.15) is 5.52 Å². The lowest BCUT2D eigenvalue weighted by atomic mass is 10.1. The average Bonchev–Trinajstić information content (AvgIpc) is 2.83. The van der Waals surface area contributed by atoms with Crippen LogP contribution in [0.5, 0.6) is 0 Å². The number of fused-ring (bicyclic) bond motifs is 1. The summed E-state index contributed by atoms with van der Waals surface area (Å²) in [5.74, 6) is 0.521. The predicted molar refractivity (Wildman–Crippen MR) is 73.9 cm³/mol. The highest BCUT2D eigenvalue weighted by atomic mass is 16.1. The van der Waals surface area contributed by atoms with Crippen molar-refractivity contribution in [3.8, 4) is 0 Å². The van der Waals surface area contributed by atoms with Gasteiger partial charge in [0.25, 0.3) is 0 Å². The first-order chi connectivity index (χ1) is 9.11. The lowest BCUT2D eigenvalue weighted by molar-refractivity contribution is -0.116. The molecule has 0 atom stereocenters. The summed E-state index contributed by atoms with van der Waals surface area (Å²) in [6.07, 6.45) is 3.95. The number of aromatic nitrogens is 4. The van der Waals surface area contributed by atoms with Gasteiger partial charge in [-0.1, -0.05) is 27.2 Å². The highest BCUT2D eigenvalue weighted by Crippen LogP contribution is 2.21. The Morgan fingerprint density at radius 3 is 2.89 bits per heavy atom. The van der Waals surface area contributed by atoms with Crippen LogP contribution in [0.1, 0.15) is 51.6 Å². The minimum atomic E-state index is -0.0496. The third-order valence-corrected chi connectivity index (χ3v) is 2.87. The fourth-order valence-electron chi connectivity index (χ4n) is 1.85. The average molecular weight is 261 g/mol. The molecule has 0 unspecified atom stereocenters. The van der Waals surface area contributed by atoms with E-state index in [9.17, 15) is 4.79 Å². The molecule has 102 valence electrons. The maximum Gasteiger partial charge on any atom is 0.231 e. The van der Waals surface area contributed by atoms with E-state index in [2.05, 4.69) is 32.2 Å². The second-order valence-electron chi connectivity index (χ2n) is 4.84. The molecule has 2 N–H and O–H groups in total. The lowest BCUT2D eigenvalue weighted by Gasteiger charge is -2.08. The molecule has 2 aromatic rings. The smallest absolute Gasteiger partial charge is 0.231 e. The van der Waals surface area contributed by atoms with Gasteiger partial charge in [-0.2, -0.15) is 4.98 Å². The number of H-pyrrole nitrogens is 1. The summed E-state index contributed by atoms with van der Waals surface area (Å²) in [4.78, 5) is 27.5. The van der Waals surface area contributed by atoms with E-state index in [0.29, 0.717) is 18.0 Å². The number of rotatable bonds is 5. The number of hydrogen-bond acceptors (Lipinski definition) is 4. The molecule has 0 aliphatic heterocycles. The molecule has 6 nitrogen and oxygen atoms in total. The molecular formula is C13H19N5O. The Morgan fingerprint density at radius 2 is 2.21 bits per heavy atom. The topological polar surface area (TPSA) is 83.6 Å². The highest BCUT2D eigenvalue weighted by molar-refractivity contribution is 5.89. The summed E-state index contributed by atoms with van der Waals surface area (Å²) in [6.45, 7) is 6.15.